The van der Waals surface area contributed by atoms with Crippen LogP contribution in [0.1, 0.15) is 23.3 Å². The summed E-state index contributed by atoms with van der Waals surface area (Å²) in [5.41, 5.74) is 1.43. The van der Waals surface area contributed by atoms with Gasteiger partial charge in [0, 0.05) is 17.3 Å². The van der Waals surface area contributed by atoms with Crippen molar-refractivity contribution >= 4 is 11.3 Å². The van der Waals surface area contributed by atoms with Crippen molar-refractivity contribution in [2.24, 2.45) is 0 Å². The highest BCUT2D eigenvalue weighted by atomic mass is 32.1. The Morgan fingerprint density at radius 1 is 1.12 bits per heavy atom. The first-order chi connectivity index (χ1) is 8.40. The highest BCUT2D eigenvalue weighted by Gasteiger charge is 2.11. The fraction of sp³-hybridized carbons (Fsp3) is 0.333. The molecule has 1 atom stereocenters. The summed E-state index contributed by atoms with van der Waals surface area (Å²) < 4.78 is 0. The van der Waals surface area contributed by atoms with Crippen molar-refractivity contribution < 1.29 is 0 Å². The van der Waals surface area contributed by atoms with Crippen molar-refractivity contribution in [3.8, 4) is 0 Å². The van der Waals surface area contributed by atoms with Gasteiger partial charge >= 0.3 is 0 Å². The summed E-state index contributed by atoms with van der Waals surface area (Å²) in [4.78, 5) is 1.47. The van der Waals surface area contributed by atoms with Crippen molar-refractivity contribution in [1.29, 1.82) is 0 Å². The fourth-order valence-corrected chi connectivity index (χ4v) is 2.81. The van der Waals surface area contributed by atoms with Crippen molar-refractivity contribution in [2.75, 3.05) is 13.1 Å². The summed E-state index contributed by atoms with van der Waals surface area (Å²) in [7, 11) is 0. The van der Waals surface area contributed by atoms with Gasteiger partial charge in [-0.05, 0) is 30.0 Å². The zero-order valence-electron chi connectivity index (χ0n) is 10.2. The van der Waals surface area contributed by atoms with Crippen molar-refractivity contribution in [2.45, 2.75) is 19.3 Å². The fourth-order valence-electron chi connectivity index (χ4n) is 2.02. The maximum absolute atomic E-state index is 3.46. The summed E-state index contributed by atoms with van der Waals surface area (Å²) >= 11 is 1.85. The van der Waals surface area contributed by atoms with E-state index in [9.17, 15) is 0 Å². The molecule has 0 saturated heterocycles. The Morgan fingerprint density at radius 2 is 1.94 bits per heavy atom. The van der Waals surface area contributed by atoms with Gasteiger partial charge in [-0.1, -0.05) is 43.3 Å². The van der Waals surface area contributed by atoms with E-state index in [1.807, 2.05) is 11.3 Å². The molecule has 0 amide bonds. The zero-order chi connectivity index (χ0) is 11.9. The predicted octanol–water partition coefficient (Wildman–Crippen LogP) is 3.68. The average Bonchev–Trinajstić information content (AvgIpc) is 2.88. The minimum atomic E-state index is 0.579. The number of hydrogen-bond acceptors (Lipinski definition) is 2. The van der Waals surface area contributed by atoms with E-state index in [1.54, 1.807) is 0 Å². The second-order valence-electron chi connectivity index (χ2n) is 4.20. The van der Waals surface area contributed by atoms with Gasteiger partial charge in [-0.25, -0.2) is 0 Å². The van der Waals surface area contributed by atoms with Crippen LogP contribution in [0.5, 0.6) is 0 Å². The molecular formula is C15H19NS. The van der Waals surface area contributed by atoms with E-state index in [0.717, 1.165) is 19.5 Å². The first-order valence-corrected chi connectivity index (χ1v) is 7.06. The van der Waals surface area contributed by atoms with Gasteiger partial charge in [-0.3, -0.25) is 0 Å². The molecule has 1 aromatic carbocycles. The molecule has 2 aromatic rings. The molecule has 0 radical (unpaired) electrons. The molecule has 2 heteroatoms. The second kappa shape index (κ2) is 6.58. The lowest BCUT2D eigenvalue weighted by atomic mass is 9.95. The van der Waals surface area contributed by atoms with Crippen LogP contribution in [-0.4, -0.2) is 13.1 Å². The molecule has 0 spiro atoms. The molecule has 1 N–H and O–H groups in total. The molecule has 1 heterocycles. The van der Waals surface area contributed by atoms with E-state index < -0.39 is 0 Å². The Balaban J connectivity index is 2.08. The third kappa shape index (κ3) is 3.69. The van der Waals surface area contributed by atoms with Crippen LogP contribution < -0.4 is 5.32 Å². The molecule has 1 unspecified atom stereocenters. The summed E-state index contributed by atoms with van der Waals surface area (Å²) in [6.07, 6.45) is 1.13. The van der Waals surface area contributed by atoms with E-state index in [4.69, 9.17) is 0 Å². The Hall–Kier alpha value is -1.12. The highest BCUT2D eigenvalue weighted by Crippen LogP contribution is 2.22. The van der Waals surface area contributed by atoms with Crippen LogP contribution in [0.25, 0.3) is 0 Å². The van der Waals surface area contributed by atoms with Gasteiger partial charge in [-0.2, -0.15) is 0 Å². The Bertz CT molecular complexity index is 408. The number of nitrogens with one attached hydrogen (secondary N) is 1. The van der Waals surface area contributed by atoms with Gasteiger partial charge in [0.1, 0.15) is 0 Å². The first kappa shape index (κ1) is 12.3. The first-order valence-electron chi connectivity index (χ1n) is 6.18. The van der Waals surface area contributed by atoms with Crippen LogP contribution in [0.2, 0.25) is 0 Å². The van der Waals surface area contributed by atoms with Gasteiger partial charge in [0.15, 0.2) is 0 Å². The SMILES string of the molecule is CCNCC(Cc1cccs1)c1ccccc1. The Labute approximate surface area is 108 Å². The number of likely N-dealkylation sites (N-methyl/N-ethyl adjacent to an activating group) is 1. The monoisotopic (exact) mass is 245 g/mol. The maximum Gasteiger partial charge on any atom is 0.00517 e. The van der Waals surface area contributed by atoms with Crippen LogP contribution in [0.3, 0.4) is 0 Å². The quantitative estimate of drug-likeness (QED) is 0.818. The molecule has 0 aliphatic heterocycles. The maximum atomic E-state index is 3.46. The van der Waals surface area contributed by atoms with Gasteiger partial charge < -0.3 is 5.32 Å². The third-order valence-corrected chi connectivity index (χ3v) is 3.84. The molecule has 0 fully saturated rings. The molecule has 0 aliphatic rings. The Morgan fingerprint density at radius 3 is 2.59 bits per heavy atom. The van der Waals surface area contributed by atoms with Crippen LogP contribution in [0.15, 0.2) is 47.8 Å². The van der Waals surface area contributed by atoms with E-state index in [0.29, 0.717) is 5.92 Å². The zero-order valence-corrected chi connectivity index (χ0v) is 11.0. The van der Waals surface area contributed by atoms with Crippen LogP contribution >= 0.6 is 11.3 Å². The summed E-state index contributed by atoms with van der Waals surface area (Å²) in [6, 6.07) is 15.2. The van der Waals surface area contributed by atoms with Gasteiger partial charge in [0.25, 0.3) is 0 Å². The molecule has 90 valence electrons. The molecule has 0 saturated carbocycles. The van der Waals surface area contributed by atoms with Crippen LogP contribution in [0.4, 0.5) is 0 Å². The van der Waals surface area contributed by atoms with Crippen molar-refractivity contribution in [3.63, 3.8) is 0 Å². The summed E-state index contributed by atoms with van der Waals surface area (Å²) in [5.74, 6) is 0.579. The summed E-state index contributed by atoms with van der Waals surface area (Å²) in [6.45, 7) is 4.25. The summed E-state index contributed by atoms with van der Waals surface area (Å²) in [5, 5.41) is 5.62. The van der Waals surface area contributed by atoms with E-state index in [-0.39, 0.29) is 0 Å². The molecule has 1 nitrogen and oxygen atoms in total. The highest BCUT2D eigenvalue weighted by molar-refractivity contribution is 7.09. The van der Waals surface area contributed by atoms with Gasteiger partial charge in [0.05, 0.1) is 0 Å². The smallest absolute Gasteiger partial charge is 0.00517 e. The number of thiophene rings is 1. The number of hydrogen-bond donors (Lipinski definition) is 1. The van der Waals surface area contributed by atoms with E-state index in [1.165, 1.54) is 10.4 Å². The lowest BCUT2D eigenvalue weighted by Crippen LogP contribution is -2.22. The number of benzene rings is 1. The third-order valence-electron chi connectivity index (χ3n) is 2.94. The van der Waals surface area contributed by atoms with Crippen LogP contribution in [0, 0.1) is 0 Å². The number of rotatable bonds is 6. The topological polar surface area (TPSA) is 12.0 Å². The average molecular weight is 245 g/mol. The molecule has 1 aromatic heterocycles. The van der Waals surface area contributed by atoms with Gasteiger partial charge in [-0.15, -0.1) is 11.3 Å². The largest absolute Gasteiger partial charge is 0.316 e. The van der Waals surface area contributed by atoms with Crippen LogP contribution in [-0.2, 0) is 6.42 Å². The second-order valence-corrected chi connectivity index (χ2v) is 5.23. The Kier molecular flexibility index (Phi) is 4.77. The van der Waals surface area contributed by atoms with Crippen molar-refractivity contribution in [1.82, 2.24) is 5.32 Å². The normalized spacial score (nSPS) is 12.5. The van der Waals surface area contributed by atoms with E-state index in [2.05, 4.69) is 60.1 Å². The molecular weight excluding hydrogens is 226 g/mol. The minimum absolute atomic E-state index is 0.579. The predicted molar refractivity (Wildman–Crippen MR) is 75.7 cm³/mol. The molecule has 17 heavy (non-hydrogen) atoms. The molecule has 0 bridgehead atoms. The minimum Gasteiger partial charge on any atom is -0.316 e. The van der Waals surface area contributed by atoms with Crippen molar-refractivity contribution in [3.05, 3.63) is 58.3 Å². The molecule has 2 rings (SSSR count). The molecule has 0 aliphatic carbocycles. The standard InChI is InChI=1S/C15H19NS/c1-2-16-12-14(11-15-9-6-10-17-15)13-7-4-3-5-8-13/h3-10,14,16H,2,11-12H2,1H3. The lowest BCUT2D eigenvalue weighted by Gasteiger charge is -2.17. The lowest BCUT2D eigenvalue weighted by molar-refractivity contribution is 0.598. The van der Waals surface area contributed by atoms with E-state index >= 15 is 0 Å². The van der Waals surface area contributed by atoms with Gasteiger partial charge in [0.2, 0.25) is 0 Å².